The third kappa shape index (κ3) is 4.66. The largest absolute Gasteiger partial charge is 0.480 e. The molecule has 1 aromatic rings. The monoisotopic (exact) mass is 228 g/mol. The molecule has 13 heavy (non-hydrogen) atoms. The van der Waals surface area contributed by atoms with Gasteiger partial charge in [0, 0.05) is 6.42 Å². The fraction of sp³-hybridized carbons (Fsp3) is 0.400. The molecular weight excluding hydrogens is 219 g/mol. The summed E-state index contributed by atoms with van der Waals surface area (Å²) in [5, 5.41) is 14.5. The van der Waals surface area contributed by atoms with Crippen LogP contribution in [0.5, 0.6) is 0 Å². The number of hydrogen-bond donors (Lipinski definition) is 3. The van der Waals surface area contributed by atoms with Crippen molar-refractivity contribution in [3.63, 3.8) is 0 Å². The van der Waals surface area contributed by atoms with Gasteiger partial charge in [0.05, 0.1) is 0 Å². The average molecular weight is 229 g/mol. The lowest BCUT2D eigenvalue weighted by molar-refractivity contribution is -0.138. The van der Waals surface area contributed by atoms with Crippen molar-refractivity contribution in [3.05, 3.63) is 12.2 Å². The van der Waals surface area contributed by atoms with E-state index >= 15 is 0 Å². The maximum absolute atomic E-state index is 10.2. The highest BCUT2D eigenvalue weighted by atomic mass is 35.5. The zero-order valence-electron chi connectivity index (χ0n) is 6.51. The van der Waals surface area contributed by atoms with E-state index in [9.17, 15) is 4.79 Å². The number of carboxylic acid groups (broad SMARTS) is 1. The first kappa shape index (κ1) is 14.7. The molecule has 0 bridgehead atoms. The van der Waals surface area contributed by atoms with Crippen molar-refractivity contribution in [2.45, 2.75) is 12.5 Å². The van der Waals surface area contributed by atoms with Crippen molar-refractivity contribution in [2.24, 2.45) is 5.73 Å². The van der Waals surface area contributed by atoms with Gasteiger partial charge in [-0.3, -0.25) is 9.89 Å². The van der Waals surface area contributed by atoms with Gasteiger partial charge >= 0.3 is 5.97 Å². The predicted molar refractivity (Wildman–Crippen MR) is 50.2 cm³/mol. The number of hydrogen-bond acceptors (Lipinski definition) is 4. The summed E-state index contributed by atoms with van der Waals surface area (Å²) in [7, 11) is 0. The Bertz CT molecular complexity index is 241. The average Bonchev–Trinajstić information content (AvgIpc) is 2.39. The quantitative estimate of drug-likeness (QED) is 0.654. The van der Waals surface area contributed by atoms with Crippen LogP contribution in [0.3, 0.4) is 0 Å². The zero-order chi connectivity index (χ0) is 8.27. The number of H-pyrrole nitrogens is 1. The summed E-state index contributed by atoms with van der Waals surface area (Å²) in [6, 6.07) is -0.914. The van der Waals surface area contributed by atoms with Crippen LogP contribution in [0, 0.1) is 0 Å². The molecule has 0 saturated heterocycles. The molecule has 0 saturated carbocycles. The first-order valence-electron chi connectivity index (χ1n) is 3.03. The highest BCUT2D eigenvalue weighted by Gasteiger charge is 2.12. The third-order valence-electron chi connectivity index (χ3n) is 1.20. The fourth-order valence-corrected chi connectivity index (χ4v) is 0.625. The summed E-state index contributed by atoms with van der Waals surface area (Å²) in [5.41, 5.74) is 5.22. The topological polar surface area (TPSA) is 105 Å². The van der Waals surface area contributed by atoms with Gasteiger partial charge in [-0.05, 0) is 0 Å². The van der Waals surface area contributed by atoms with Gasteiger partial charge in [0.2, 0.25) is 0 Å². The molecule has 8 heteroatoms. The molecule has 4 N–H and O–H groups in total. The lowest BCUT2D eigenvalue weighted by Crippen LogP contribution is -2.32. The summed E-state index contributed by atoms with van der Waals surface area (Å²) in [6.45, 7) is 0. The summed E-state index contributed by atoms with van der Waals surface area (Å²) in [6.07, 6.45) is 1.49. The van der Waals surface area contributed by atoms with Crippen LogP contribution in [0.2, 0.25) is 0 Å². The Hall–Kier alpha value is -0.850. The molecule has 0 spiro atoms. The molecule has 0 aliphatic carbocycles. The van der Waals surface area contributed by atoms with Crippen molar-refractivity contribution < 1.29 is 9.90 Å². The number of nitrogens with two attached hydrogens (primary N) is 1. The molecule has 0 aromatic carbocycles. The minimum absolute atomic E-state index is 0. The molecule has 6 nitrogen and oxygen atoms in total. The Labute approximate surface area is 86.7 Å². The van der Waals surface area contributed by atoms with Gasteiger partial charge in [-0.2, -0.15) is 5.10 Å². The molecule has 1 heterocycles. The molecular formula is C5H10Cl2N4O2. The molecule has 1 unspecified atom stereocenters. The van der Waals surface area contributed by atoms with E-state index in [1.807, 2.05) is 0 Å². The zero-order valence-corrected chi connectivity index (χ0v) is 8.14. The van der Waals surface area contributed by atoms with Crippen LogP contribution >= 0.6 is 24.8 Å². The second kappa shape index (κ2) is 6.64. The van der Waals surface area contributed by atoms with Crippen molar-refractivity contribution in [1.82, 2.24) is 15.2 Å². The third-order valence-corrected chi connectivity index (χ3v) is 1.20. The number of aromatic nitrogens is 3. The number of carboxylic acids is 1. The molecule has 0 aliphatic rings. The van der Waals surface area contributed by atoms with Gasteiger partial charge in [-0.25, -0.2) is 4.98 Å². The minimum atomic E-state index is -1.04. The van der Waals surface area contributed by atoms with Gasteiger partial charge in [-0.1, -0.05) is 0 Å². The Morgan fingerprint density at radius 2 is 2.31 bits per heavy atom. The Kier molecular flexibility index (Phi) is 7.49. The maximum atomic E-state index is 10.2. The van der Waals surface area contributed by atoms with E-state index in [4.69, 9.17) is 10.8 Å². The molecule has 0 fully saturated rings. The standard InChI is InChI=1S/C5H8N4O2.2ClH/c6-3(5(10)11)1-4-7-2-8-9-4;;/h2-3H,1,6H2,(H,10,11)(H,7,8,9);2*1H. The summed E-state index contributed by atoms with van der Waals surface area (Å²) in [4.78, 5) is 14.0. The van der Waals surface area contributed by atoms with E-state index in [1.54, 1.807) is 0 Å². The van der Waals surface area contributed by atoms with Crippen molar-refractivity contribution in [1.29, 1.82) is 0 Å². The first-order valence-corrected chi connectivity index (χ1v) is 3.03. The van der Waals surface area contributed by atoms with Crippen LogP contribution in [0.1, 0.15) is 5.82 Å². The lowest BCUT2D eigenvalue weighted by Gasteiger charge is -2.01. The minimum Gasteiger partial charge on any atom is -0.480 e. The number of rotatable bonds is 3. The highest BCUT2D eigenvalue weighted by Crippen LogP contribution is 1.91. The summed E-state index contributed by atoms with van der Waals surface area (Å²) >= 11 is 0. The SMILES string of the molecule is Cl.Cl.NC(Cc1ncn[nH]1)C(=O)O. The van der Waals surface area contributed by atoms with E-state index in [1.165, 1.54) is 6.33 Å². The molecule has 1 atom stereocenters. The molecule has 0 amide bonds. The second-order valence-corrected chi connectivity index (χ2v) is 2.08. The van der Waals surface area contributed by atoms with Crippen molar-refractivity contribution >= 4 is 30.8 Å². The van der Waals surface area contributed by atoms with Crippen LogP contribution in [-0.2, 0) is 11.2 Å². The molecule has 1 rings (SSSR count). The summed E-state index contributed by atoms with van der Waals surface area (Å²) < 4.78 is 0. The highest BCUT2D eigenvalue weighted by molar-refractivity contribution is 5.85. The van der Waals surface area contributed by atoms with E-state index in [2.05, 4.69) is 15.2 Å². The van der Waals surface area contributed by atoms with E-state index in [0.29, 0.717) is 5.82 Å². The van der Waals surface area contributed by atoms with Crippen LogP contribution in [0.25, 0.3) is 0 Å². The predicted octanol–water partition coefficient (Wildman–Crippen LogP) is -0.397. The molecule has 1 aromatic heterocycles. The second-order valence-electron chi connectivity index (χ2n) is 2.08. The van der Waals surface area contributed by atoms with Crippen molar-refractivity contribution in [3.8, 4) is 0 Å². The smallest absolute Gasteiger partial charge is 0.320 e. The summed E-state index contributed by atoms with van der Waals surface area (Å²) in [5.74, 6) is -0.554. The number of halogens is 2. The van der Waals surface area contributed by atoms with E-state index < -0.39 is 12.0 Å². The van der Waals surface area contributed by atoms with Crippen LogP contribution < -0.4 is 5.73 Å². The van der Waals surface area contributed by atoms with Crippen LogP contribution in [0.4, 0.5) is 0 Å². The number of aromatic amines is 1. The van der Waals surface area contributed by atoms with Gasteiger partial charge in [-0.15, -0.1) is 24.8 Å². The number of aliphatic carboxylic acids is 1. The fourth-order valence-electron chi connectivity index (χ4n) is 0.625. The van der Waals surface area contributed by atoms with Crippen LogP contribution in [0.15, 0.2) is 6.33 Å². The Balaban J connectivity index is 0. The maximum Gasteiger partial charge on any atom is 0.320 e. The van der Waals surface area contributed by atoms with Gasteiger partial charge in [0.15, 0.2) is 0 Å². The molecule has 76 valence electrons. The Morgan fingerprint density at radius 1 is 1.69 bits per heavy atom. The number of carbonyl (C=O) groups is 1. The first-order chi connectivity index (χ1) is 5.20. The molecule has 0 aliphatic heterocycles. The lowest BCUT2D eigenvalue weighted by atomic mass is 10.2. The van der Waals surface area contributed by atoms with Gasteiger partial charge in [0.1, 0.15) is 18.2 Å². The number of nitrogens with one attached hydrogen (secondary N) is 1. The Morgan fingerprint density at radius 3 is 2.69 bits per heavy atom. The van der Waals surface area contributed by atoms with Crippen LogP contribution in [-0.4, -0.2) is 32.3 Å². The van der Waals surface area contributed by atoms with E-state index in [0.717, 1.165) is 0 Å². The van der Waals surface area contributed by atoms with Crippen molar-refractivity contribution in [2.75, 3.05) is 0 Å². The van der Waals surface area contributed by atoms with Gasteiger partial charge < -0.3 is 10.8 Å². The van der Waals surface area contributed by atoms with Gasteiger partial charge in [0.25, 0.3) is 0 Å². The normalized spacial score (nSPS) is 10.8. The number of nitrogens with zero attached hydrogens (tertiary/aromatic N) is 2. The molecule has 0 radical (unpaired) electrons. The van der Waals surface area contributed by atoms with E-state index in [-0.39, 0.29) is 31.2 Å².